The standard InChI is InChI=1S/C5H10N2O2/c6-3-1-2-4(7)5(8)9/h2H,1,3,6-7H2,(H,8,9). The van der Waals surface area contributed by atoms with Crippen LogP contribution in [0.4, 0.5) is 0 Å². The molecule has 0 unspecified atom stereocenters. The predicted octanol–water partition coefficient (Wildman–Crippen LogP) is -0.738. The van der Waals surface area contributed by atoms with Crippen LogP contribution in [-0.2, 0) is 4.79 Å². The van der Waals surface area contributed by atoms with Crippen LogP contribution in [0.25, 0.3) is 0 Å². The number of rotatable bonds is 3. The van der Waals surface area contributed by atoms with Crippen molar-refractivity contribution >= 4 is 5.97 Å². The summed E-state index contributed by atoms with van der Waals surface area (Å²) >= 11 is 0. The molecule has 0 aliphatic heterocycles. The van der Waals surface area contributed by atoms with Crippen molar-refractivity contribution in [3.05, 3.63) is 11.8 Å². The van der Waals surface area contributed by atoms with Crippen LogP contribution < -0.4 is 11.5 Å². The molecule has 5 N–H and O–H groups in total. The summed E-state index contributed by atoms with van der Waals surface area (Å²) in [6.45, 7) is 0.425. The maximum Gasteiger partial charge on any atom is 0.351 e. The molecule has 0 aliphatic carbocycles. The second-order valence-electron chi connectivity index (χ2n) is 1.54. The average molecular weight is 130 g/mol. The number of hydrogen-bond acceptors (Lipinski definition) is 3. The zero-order chi connectivity index (χ0) is 7.28. The Morgan fingerprint density at radius 3 is 2.56 bits per heavy atom. The fraction of sp³-hybridized carbons (Fsp3) is 0.400. The van der Waals surface area contributed by atoms with Gasteiger partial charge in [-0.1, -0.05) is 6.08 Å². The lowest BCUT2D eigenvalue weighted by atomic mass is 10.3. The van der Waals surface area contributed by atoms with Gasteiger partial charge in [0, 0.05) is 0 Å². The molecular formula is C5H10N2O2. The van der Waals surface area contributed by atoms with Crippen LogP contribution in [0.1, 0.15) is 6.42 Å². The molecule has 0 aromatic rings. The Labute approximate surface area is 53.1 Å². The SMILES string of the molecule is NCCC=C(N)C(=O)O. The molecule has 0 atom stereocenters. The quantitative estimate of drug-likeness (QED) is 0.439. The Bertz CT molecular complexity index is 131. The van der Waals surface area contributed by atoms with E-state index < -0.39 is 5.97 Å². The van der Waals surface area contributed by atoms with E-state index >= 15 is 0 Å². The zero-order valence-corrected chi connectivity index (χ0v) is 5.00. The first-order valence-electron chi connectivity index (χ1n) is 2.57. The molecule has 0 saturated carbocycles. The Hall–Kier alpha value is -1.03. The molecule has 4 nitrogen and oxygen atoms in total. The average Bonchev–Trinajstić information content (AvgIpc) is 1.82. The molecule has 0 radical (unpaired) electrons. The van der Waals surface area contributed by atoms with E-state index in [1.54, 1.807) is 0 Å². The third-order valence-electron chi connectivity index (χ3n) is 0.778. The van der Waals surface area contributed by atoms with Crippen molar-refractivity contribution < 1.29 is 9.90 Å². The van der Waals surface area contributed by atoms with E-state index in [4.69, 9.17) is 16.6 Å². The molecule has 4 heteroatoms. The van der Waals surface area contributed by atoms with Gasteiger partial charge in [-0.3, -0.25) is 0 Å². The van der Waals surface area contributed by atoms with Crippen molar-refractivity contribution in [1.29, 1.82) is 0 Å². The van der Waals surface area contributed by atoms with Crippen molar-refractivity contribution in [3.63, 3.8) is 0 Å². The summed E-state index contributed by atoms with van der Waals surface area (Å²) < 4.78 is 0. The highest BCUT2D eigenvalue weighted by Crippen LogP contribution is 1.85. The Morgan fingerprint density at radius 2 is 2.22 bits per heavy atom. The third-order valence-corrected chi connectivity index (χ3v) is 0.778. The summed E-state index contributed by atoms with van der Waals surface area (Å²) in [5, 5.41) is 8.17. The minimum absolute atomic E-state index is 0.138. The number of hydrogen-bond donors (Lipinski definition) is 3. The van der Waals surface area contributed by atoms with Gasteiger partial charge in [0.25, 0.3) is 0 Å². The molecule has 0 aliphatic rings. The van der Waals surface area contributed by atoms with Gasteiger partial charge in [0.05, 0.1) is 0 Å². The molecule has 9 heavy (non-hydrogen) atoms. The van der Waals surface area contributed by atoms with Crippen molar-refractivity contribution in [2.45, 2.75) is 6.42 Å². The minimum atomic E-state index is -1.09. The van der Waals surface area contributed by atoms with Gasteiger partial charge in [-0.05, 0) is 13.0 Å². The normalized spacial score (nSPS) is 11.4. The van der Waals surface area contributed by atoms with Crippen LogP contribution in [0.5, 0.6) is 0 Å². The van der Waals surface area contributed by atoms with E-state index in [-0.39, 0.29) is 5.70 Å². The van der Waals surface area contributed by atoms with E-state index in [0.717, 1.165) is 0 Å². The van der Waals surface area contributed by atoms with Gasteiger partial charge in [0.1, 0.15) is 5.70 Å². The second-order valence-corrected chi connectivity index (χ2v) is 1.54. The van der Waals surface area contributed by atoms with Crippen molar-refractivity contribution in [3.8, 4) is 0 Å². The van der Waals surface area contributed by atoms with Gasteiger partial charge in [-0.25, -0.2) is 4.79 Å². The molecule has 0 aromatic heterocycles. The van der Waals surface area contributed by atoms with Gasteiger partial charge >= 0.3 is 5.97 Å². The van der Waals surface area contributed by atoms with E-state index in [2.05, 4.69) is 0 Å². The molecule has 0 bridgehead atoms. The first-order chi connectivity index (χ1) is 4.18. The molecule has 0 heterocycles. The topological polar surface area (TPSA) is 89.3 Å². The van der Waals surface area contributed by atoms with Gasteiger partial charge in [0.15, 0.2) is 0 Å². The maximum absolute atomic E-state index is 9.97. The summed E-state index contributed by atoms with van der Waals surface area (Å²) in [5.41, 5.74) is 9.95. The lowest BCUT2D eigenvalue weighted by Crippen LogP contribution is -2.10. The van der Waals surface area contributed by atoms with Crippen LogP contribution in [0.15, 0.2) is 11.8 Å². The molecule has 0 aromatic carbocycles. The molecule has 0 amide bonds. The van der Waals surface area contributed by atoms with Crippen LogP contribution in [0.3, 0.4) is 0 Å². The number of carboxylic acid groups (broad SMARTS) is 1. The first-order valence-corrected chi connectivity index (χ1v) is 2.57. The van der Waals surface area contributed by atoms with Gasteiger partial charge in [-0.15, -0.1) is 0 Å². The highest BCUT2D eigenvalue weighted by Gasteiger charge is 1.97. The molecule has 0 fully saturated rings. The summed E-state index contributed by atoms with van der Waals surface area (Å²) in [5.74, 6) is -1.09. The Morgan fingerprint density at radius 1 is 1.67 bits per heavy atom. The van der Waals surface area contributed by atoms with Crippen LogP contribution in [0.2, 0.25) is 0 Å². The van der Waals surface area contributed by atoms with Crippen LogP contribution >= 0.6 is 0 Å². The lowest BCUT2D eigenvalue weighted by molar-refractivity contribution is -0.132. The first kappa shape index (κ1) is 7.97. The Kier molecular flexibility index (Phi) is 3.46. The summed E-state index contributed by atoms with van der Waals surface area (Å²) in [6, 6.07) is 0. The fourth-order valence-corrected chi connectivity index (χ4v) is 0.326. The molecule has 52 valence electrons. The third kappa shape index (κ3) is 3.54. The van der Waals surface area contributed by atoms with Crippen molar-refractivity contribution in [2.75, 3.05) is 6.54 Å². The van der Waals surface area contributed by atoms with Crippen LogP contribution in [0, 0.1) is 0 Å². The highest BCUT2D eigenvalue weighted by molar-refractivity contribution is 5.85. The molecule has 0 saturated heterocycles. The molecule has 0 spiro atoms. The number of aliphatic carboxylic acids is 1. The molecular weight excluding hydrogens is 120 g/mol. The van der Waals surface area contributed by atoms with Gasteiger partial charge in [0.2, 0.25) is 0 Å². The Balaban J connectivity index is 3.69. The number of carbonyl (C=O) groups is 1. The van der Waals surface area contributed by atoms with E-state index in [0.29, 0.717) is 13.0 Å². The van der Waals surface area contributed by atoms with Crippen molar-refractivity contribution in [1.82, 2.24) is 0 Å². The van der Waals surface area contributed by atoms with E-state index in [1.165, 1.54) is 6.08 Å². The van der Waals surface area contributed by atoms with Gasteiger partial charge < -0.3 is 16.6 Å². The second kappa shape index (κ2) is 3.91. The maximum atomic E-state index is 9.97. The zero-order valence-electron chi connectivity index (χ0n) is 5.00. The molecule has 0 rings (SSSR count). The smallest absolute Gasteiger partial charge is 0.351 e. The van der Waals surface area contributed by atoms with Crippen molar-refractivity contribution in [2.24, 2.45) is 11.5 Å². The van der Waals surface area contributed by atoms with Gasteiger partial charge in [-0.2, -0.15) is 0 Å². The van der Waals surface area contributed by atoms with E-state index in [9.17, 15) is 4.79 Å². The highest BCUT2D eigenvalue weighted by atomic mass is 16.4. The van der Waals surface area contributed by atoms with E-state index in [1.807, 2.05) is 0 Å². The monoisotopic (exact) mass is 130 g/mol. The minimum Gasteiger partial charge on any atom is -0.477 e. The fourth-order valence-electron chi connectivity index (χ4n) is 0.326. The van der Waals surface area contributed by atoms with Crippen LogP contribution in [-0.4, -0.2) is 17.6 Å². The summed E-state index contributed by atoms with van der Waals surface area (Å²) in [4.78, 5) is 9.97. The number of nitrogens with two attached hydrogens (primary N) is 2. The predicted molar refractivity (Wildman–Crippen MR) is 33.6 cm³/mol. The summed E-state index contributed by atoms with van der Waals surface area (Å²) in [7, 11) is 0. The summed E-state index contributed by atoms with van der Waals surface area (Å²) in [6.07, 6.45) is 1.90. The largest absolute Gasteiger partial charge is 0.477 e. The lowest BCUT2D eigenvalue weighted by Gasteiger charge is -1.90. The number of carboxylic acids is 1.